The molecule has 2 bridgehead atoms. The molecule has 126 valence electrons. The van der Waals surface area contributed by atoms with Crippen LogP contribution < -0.4 is 0 Å². The Labute approximate surface area is 141 Å². The molecule has 3 rings (SSSR count). The van der Waals surface area contributed by atoms with Gasteiger partial charge in [0.05, 0.1) is 6.04 Å². The van der Waals surface area contributed by atoms with Gasteiger partial charge in [-0.15, -0.1) is 0 Å². The average Bonchev–Trinajstić information content (AvgIpc) is 2.59. The highest BCUT2D eigenvalue weighted by molar-refractivity contribution is 5.98. The molecule has 2 aliphatic heterocycles. The summed E-state index contributed by atoms with van der Waals surface area (Å²) in [5.41, 5.74) is 1.75. The fraction of sp³-hybridized carbons (Fsp3) is 0.368. The number of nitrogens with zero attached hydrogens (tertiary/aromatic N) is 1. The van der Waals surface area contributed by atoms with Gasteiger partial charge < -0.3 is 9.47 Å². The topological polar surface area (TPSA) is 55.8 Å². The van der Waals surface area contributed by atoms with E-state index in [-0.39, 0.29) is 24.5 Å². The highest BCUT2D eigenvalue weighted by Gasteiger charge is 2.46. The molecule has 1 fully saturated rings. The Balaban J connectivity index is 1.77. The van der Waals surface area contributed by atoms with E-state index < -0.39 is 12.1 Å². The van der Waals surface area contributed by atoms with Crippen LogP contribution in [0.25, 0.3) is 0 Å². The highest BCUT2D eigenvalue weighted by atomic mass is 16.6. The molecule has 0 radical (unpaired) electrons. The number of fused-ring (bicyclic) bond motifs is 2. The number of hydrogen-bond donors (Lipinski definition) is 0. The van der Waals surface area contributed by atoms with Gasteiger partial charge in [-0.25, -0.2) is 4.79 Å². The SMILES string of the molecule is C=C1C[C@@H]2C(=O)C=C[C@H]([C@@H]1OCC)N2C(=O)OCc1ccccc1. The molecule has 2 aliphatic rings. The molecule has 1 aromatic carbocycles. The summed E-state index contributed by atoms with van der Waals surface area (Å²) in [6, 6.07) is 8.56. The molecule has 0 saturated carbocycles. The van der Waals surface area contributed by atoms with Gasteiger partial charge in [0.2, 0.25) is 0 Å². The zero-order valence-corrected chi connectivity index (χ0v) is 13.7. The van der Waals surface area contributed by atoms with Crippen LogP contribution in [0.1, 0.15) is 18.9 Å². The summed E-state index contributed by atoms with van der Waals surface area (Å²) in [4.78, 5) is 26.3. The second-order valence-corrected chi connectivity index (χ2v) is 5.95. The van der Waals surface area contributed by atoms with Gasteiger partial charge >= 0.3 is 6.09 Å². The van der Waals surface area contributed by atoms with Gasteiger partial charge in [-0.3, -0.25) is 9.69 Å². The van der Waals surface area contributed by atoms with Crippen LogP contribution in [0.2, 0.25) is 0 Å². The Bertz CT molecular complexity index is 667. The number of hydrogen-bond acceptors (Lipinski definition) is 4. The van der Waals surface area contributed by atoms with Gasteiger partial charge in [-0.2, -0.15) is 0 Å². The molecular formula is C19H21NO4. The lowest BCUT2D eigenvalue weighted by Crippen LogP contribution is -2.60. The lowest BCUT2D eigenvalue weighted by molar-refractivity contribution is -0.123. The van der Waals surface area contributed by atoms with Crippen LogP contribution in [0, 0.1) is 0 Å². The third kappa shape index (κ3) is 3.12. The van der Waals surface area contributed by atoms with E-state index >= 15 is 0 Å². The van der Waals surface area contributed by atoms with Crippen molar-refractivity contribution < 1.29 is 19.1 Å². The molecule has 3 atom stereocenters. The largest absolute Gasteiger partial charge is 0.445 e. The molecular weight excluding hydrogens is 306 g/mol. The quantitative estimate of drug-likeness (QED) is 0.798. The zero-order chi connectivity index (χ0) is 17.1. The average molecular weight is 327 g/mol. The van der Waals surface area contributed by atoms with Crippen LogP contribution >= 0.6 is 0 Å². The maximum atomic E-state index is 12.6. The third-order valence-electron chi connectivity index (χ3n) is 4.37. The first-order valence-electron chi connectivity index (χ1n) is 8.12. The summed E-state index contributed by atoms with van der Waals surface area (Å²) in [5, 5.41) is 0. The third-order valence-corrected chi connectivity index (χ3v) is 4.37. The summed E-state index contributed by atoms with van der Waals surface area (Å²) < 4.78 is 11.2. The van der Waals surface area contributed by atoms with Gasteiger partial charge in [0, 0.05) is 6.61 Å². The maximum absolute atomic E-state index is 12.6. The molecule has 1 aromatic rings. The molecule has 24 heavy (non-hydrogen) atoms. The summed E-state index contributed by atoms with van der Waals surface area (Å²) in [6.45, 7) is 6.61. The van der Waals surface area contributed by atoms with E-state index in [9.17, 15) is 9.59 Å². The van der Waals surface area contributed by atoms with Gasteiger partial charge in [0.25, 0.3) is 0 Å². The van der Waals surface area contributed by atoms with Gasteiger partial charge in [-0.05, 0) is 30.6 Å². The molecule has 0 aromatic heterocycles. The van der Waals surface area contributed by atoms with E-state index in [0.717, 1.165) is 11.1 Å². The number of carbonyl (C=O) groups excluding carboxylic acids is 2. The maximum Gasteiger partial charge on any atom is 0.411 e. The van der Waals surface area contributed by atoms with E-state index in [2.05, 4.69) is 6.58 Å². The Morgan fingerprint density at radius 3 is 2.79 bits per heavy atom. The van der Waals surface area contributed by atoms with Crippen LogP contribution in [0.15, 0.2) is 54.6 Å². The first-order chi connectivity index (χ1) is 11.6. The normalized spacial score (nSPS) is 25.7. The Morgan fingerprint density at radius 2 is 2.08 bits per heavy atom. The van der Waals surface area contributed by atoms with Crippen molar-refractivity contribution in [2.45, 2.75) is 38.1 Å². The second-order valence-electron chi connectivity index (χ2n) is 5.95. The number of ketones is 1. The minimum atomic E-state index is -0.549. The van der Waals surface area contributed by atoms with Gasteiger partial charge in [0.15, 0.2) is 5.78 Å². The molecule has 0 spiro atoms. The van der Waals surface area contributed by atoms with Crippen LogP contribution in [-0.4, -0.2) is 41.6 Å². The Kier molecular flexibility index (Phi) is 4.81. The standard InChI is InChI=1S/C19H21NO4/c1-3-23-18-13(2)11-16-17(21)10-9-15(18)20(16)19(22)24-12-14-7-5-4-6-8-14/h4-10,15-16,18H,2-3,11-12H2,1H3/t15-,16-,18-/m1/s1. The highest BCUT2D eigenvalue weighted by Crippen LogP contribution is 2.34. The second kappa shape index (κ2) is 7.01. The molecule has 1 saturated heterocycles. The predicted molar refractivity (Wildman–Crippen MR) is 89.4 cm³/mol. The minimum absolute atomic E-state index is 0.0981. The molecule has 1 amide bonds. The van der Waals surface area contributed by atoms with E-state index in [1.165, 1.54) is 11.0 Å². The van der Waals surface area contributed by atoms with Crippen molar-refractivity contribution in [2.75, 3.05) is 6.61 Å². The number of carbonyl (C=O) groups is 2. The minimum Gasteiger partial charge on any atom is -0.445 e. The van der Waals surface area contributed by atoms with Crippen LogP contribution in [0.4, 0.5) is 4.79 Å². The number of ether oxygens (including phenoxy) is 2. The van der Waals surface area contributed by atoms with Crippen LogP contribution in [0.5, 0.6) is 0 Å². The summed E-state index contributed by atoms with van der Waals surface area (Å²) >= 11 is 0. The fourth-order valence-corrected chi connectivity index (χ4v) is 3.23. The molecule has 5 nitrogen and oxygen atoms in total. The lowest BCUT2D eigenvalue weighted by Gasteiger charge is -2.46. The molecule has 0 N–H and O–H groups in total. The van der Waals surface area contributed by atoms with Crippen molar-refractivity contribution >= 4 is 11.9 Å². The van der Waals surface area contributed by atoms with Crippen molar-refractivity contribution in [2.24, 2.45) is 0 Å². The van der Waals surface area contributed by atoms with Crippen molar-refractivity contribution in [3.63, 3.8) is 0 Å². The summed E-state index contributed by atoms with van der Waals surface area (Å²) in [7, 11) is 0. The number of rotatable bonds is 4. The number of amides is 1. The molecule has 0 unspecified atom stereocenters. The molecule has 5 heteroatoms. The lowest BCUT2D eigenvalue weighted by atomic mass is 9.83. The zero-order valence-electron chi connectivity index (χ0n) is 13.7. The van der Waals surface area contributed by atoms with Crippen molar-refractivity contribution in [1.29, 1.82) is 0 Å². The smallest absolute Gasteiger partial charge is 0.411 e. The Hall–Kier alpha value is -2.40. The van der Waals surface area contributed by atoms with Crippen LogP contribution in [0.3, 0.4) is 0 Å². The molecule has 2 heterocycles. The number of benzene rings is 1. The van der Waals surface area contributed by atoms with Gasteiger partial charge in [-0.1, -0.05) is 43.0 Å². The first-order valence-corrected chi connectivity index (χ1v) is 8.12. The van der Waals surface area contributed by atoms with Crippen molar-refractivity contribution in [3.8, 4) is 0 Å². The predicted octanol–water partition coefficient (Wildman–Crippen LogP) is 2.87. The van der Waals surface area contributed by atoms with Crippen molar-refractivity contribution in [3.05, 3.63) is 60.2 Å². The Morgan fingerprint density at radius 1 is 1.33 bits per heavy atom. The van der Waals surface area contributed by atoms with E-state index in [4.69, 9.17) is 9.47 Å². The fourth-order valence-electron chi connectivity index (χ4n) is 3.23. The number of piperidine rings is 1. The van der Waals surface area contributed by atoms with Crippen molar-refractivity contribution in [1.82, 2.24) is 4.90 Å². The van der Waals surface area contributed by atoms with Crippen LogP contribution in [-0.2, 0) is 20.9 Å². The summed E-state index contributed by atoms with van der Waals surface area (Å²) in [5.74, 6) is -0.0981. The van der Waals surface area contributed by atoms with E-state index in [1.807, 2.05) is 37.3 Å². The summed E-state index contributed by atoms with van der Waals surface area (Å²) in [6.07, 6.45) is 2.86. The first kappa shape index (κ1) is 16.5. The molecule has 0 aliphatic carbocycles. The monoisotopic (exact) mass is 327 g/mol. The van der Waals surface area contributed by atoms with E-state index in [1.54, 1.807) is 6.08 Å². The van der Waals surface area contributed by atoms with E-state index in [0.29, 0.717) is 13.0 Å². The van der Waals surface area contributed by atoms with Gasteiger partial charge in [0.1, 0.15) is 18.8 Å².